The van der Waals surface area contributed by atoms with E-state index in [1.54, 1.807) is 18.5 Å². The first-order valence-corrected chi connectivity index (χ1v) is 9.42. The molecule has 2 aromatic rings. The lowest BCUT2D eigenvalue weighted by molar-refractivity contribution is -0.148. The number of nitrogens with zero attached hydrogens (tertiary/aromatic N) is 3. The highest BCUT2D eigenvalue weighted by atomic mass is 32.2. The zero-order chi connectivity index (χ0) is 17.1. The van der Waals surface area contributed by atoms with Crippen LogP contribution in [0.4, 0.5) is 5.82 Å². The minimum absolute atomic E-state index is 0.00367. The molecular formula is C15H17N3O5S. The van der Waals surface area contributed by atoms with Crippen LogP contribution in [-0.4, -0.2) is 61.2 Å². The maximum atomic E-state index is 12.0. The van der Waals surface area contributed by atoms with E-state index in [2.05, 4.69) is 4.98 Å². The number of hydrogen-bond donors (Lipinski definition) is 1. The molecule has 2 atom stereocenters. The Hall–Kier alpha value is -2.13. The van der Waals surface area contributed by atoms with E-state index in [1.165, 1.54) is 4.31 Å². The topological polar surface area (TPSA) is 104 Å². The number of pyridine rings is 1. The van der Waals surface area contributed by atoms with Crippen LogP contribution in [0.2, 0.25) is 0 Å². The number of rotatable bonds is 3. The van der Waals surface area contributed by atoms with E-state index in [9.17, 15) is 18.3 Å². The molecule has 2 aliphatic rings. The zero-order valence-electron chi connectivity index (χ0n) is 13.0. The first kappa shape index (κ1) is 15.4. The summed E-state index contributed by atoms with van der Waals surface area (Å²) in [5.41, 5.74) is -0.407. The molecule has 0 amide bonds. The molecule has 0 aromatic carbocycles. The second kappa shape index (κ2) is 4.93. The van der Waals surface area contributed by atoms with Gasteiger partial charge in [0, 0.05) is 38.3 Å². The van der Waals surface area contributed by atoms with Gasteiger partial charge in [0.25, 0.3) is 0 Å². The van der Waals surface area contributed by atoms with Crippen molar-refractivity contribution in [2.24, 2.45) is 11.3 Å². The highest BCUT2D eigenvalue weighted by molar-refractivity contribution is 7.88. The highest BCUT2D eigenvalue weighted by Crippen LogP contribution is 2.45. The zero-order valence-corrected chi connectivity index (χ0v) is 13.9. The molecule has 0 spiro atoms. The molecule has 9 heteroatoms. The summed E-state index contributed by atoms with van der Waals surface area (Å²) in [5.74, 6) is -0.545. The largest absolute Gasteiger partial charge is 0.481 e. The van der Waals surface area contributed by atoms with Gasteiger partial charge in [-0.15, -0.1) is 0 Å². The Morgan fingerprint density at radius 1 is 1.38 bits per heavy atom. The summed E-state index contributed by atoms with van der Waals surface area (Å²) in [6.07, 6.45) is 4.33. The van der Waals surface area contributed by atoms with Crippen LogP contribution in [0.1, 0.15) is 0 Å². The average molecular weight is 351 g/mol. The van der Waals surface area contributed by atoms with Crippen LogP contribution in [0.15, 0.2) is 29.0 Å². The van der Waals surface area contributed by atoms with Crippen LogP contribution in [0.25, 0.3) is 11.0 Å². The molecule has 0 bridgehead atoms. The second-order valence-corrected chi connectivity index (χ2v) is 8.54. The maximum Gasteiger partial charge on any atom is 0.313 e. The van der Waals surface area contributed by atoms with Crippen LogP contribution in [0.5, 0.6) is 0 Å². The Balaban J connectivity index is 1.71. The van der Waals surface area contributed by atoms with Crippen LogP contribution >= 0.6 is 0 Å². The van der Waals surface area contributed by atoms with Gasteiger partial charge in [0.1, 0.15) is 16.8 Å². The van der Waals surface area contributed by atoms with Crippen molar-refractivity contribution in [2.75, 3.05) is 37.3 Å². The number of anilines is 1. The molecule has 0 saturated carbocycles. The fourth-order valence-corrected chi connectivity index (χ4v) is 4.78. The third kappa shape index (κ3) is 2.11. The van der Waals surface area contributed by atoms with Gasteiger partial charge in [0.2, 0.25) is 10.0 Å². The standard InChI is InChI=1S/C15H17N3O5S/c1-24(21,22)18-7-10-6-17(8-15(10,9-18)14(19)20)13-11-3-5-23-12(11)2-4-16-13/h2-5,10H,6-9H2,1H3,(H,19,20)/t10-,15-/m1/s1. The summed E-state index contributed by atoms with van der Waals surface area (Å²) >= 11 is 0. The SMILES string of the molecule is CS(=O)(=O)N1C[C@H]2CN(c3nccc4occc34)C[C@@]2(C(=O)O)C1. The average Bonchev–Trinajstić information content (AvgIpc) is 3.17. The van der Waals surface area contributed by atoms with E-state index in [-0.39, 0.29) is 25.6 Å². The van der Waals surface area contributed by atoms with Gasteiger partial charge in [-0.2, -0.15) is 0 Å². The number of carboxylic acids is 1. The van der Waals surface area contributed by atoms with Crippen molar-refractivity contribution in [1.29, 1.82) is 0 Å². The third-order valence-corrected chi connectivity index (χ3v) is 6.35. The van der Waals surface area contributed by atoms with Gasteiger partial charge in [-0.1, -0.05) is 0 Å². The van der Waals surface area contributed by atoms with Crippen molar-refractivity contribution in [3.05, 3.63) is 24.6 Å². The van der Waals surface area contributed by atoms with E-state index in [1.807, 2.05) is 11.0 Å². The predicted molar refractivity (Wildman–Crippen MR) is 86.2 cm³/mol. The normalized spacial score (nSPS) is 27.7. The number of sulfonamides is 1. The summed E-state index contributed by atoms with van der Waals surface area (Å²) in [6, 6.07) is 3.57. The molecule has 128 valence electrons. The van der Waals surface area contributed by atoms with Crippen molar-refractivity contribution in [3.8, 4) is 0 Å². The van der Waals surface area contributed by atoms with Gasteiger partial charge in [0.05, 0.1) is 17.9 Å². The molecule has 2 saturated heterocycles. The van der Waals surface area contributed by atoms with Crippen LogP contribution < -0.4 is 4.90 Å². The van der Waals surface area contributed by atoms with Crippen molar-refractivity contribution < 1.29 is 22.7 Å². The van der Waals surface area contributed by atoms with Gasteiger partial charge in [-0.3, -0.25) is 4.79 Å². The van der Waals surface area contributed by atoms with E-state index < -0.39 is 21.4 Å². The maximum absolute atomic E-state index is 12.0. The summed E-state index contributed by atoms with van der Waals surface area (Å²) in [7, 11) is -3.40. The Morgan fingerprint density at radius 3 is 2.83 bits per heavy atom. The lowest BCUT2D eigenvalue weighted by Gasteiger charge is -2.25. The summed E-state index contributed by atoms with van der Waals surface area (Å²) in [5, 5.41) is 10.6. The van der Waals surface area contributed by atoms with Crippen molar-refractivity contribution >= 4 is 32.8 Å². The lowest BCUT2D eigenvalue weighted by Crippen LogP contribution is -2.42. The minimum Gasteiger partial charge on any atom is -0.481 e. The lowest BCUT2D eigenvalue weighted by atomic mass is 9.81. The molecule has 4 rings (SSSR count). The van der Waals surface area contributed by atoms with Crippen molar-refractivity contribution in [2.45, 2.75) is 0 Å². The molecule has 4 heterocycles. The number of furan rings is 1. The number of aromatic nitrogens is 1. The fourth-order valence-electron chi connectivity index (χ4n) is 3.87. The Labute approximate surface area is 138 Å². The first-order valence-electron chi connectivity index (χ1n) is 7.57. The van der Waals surface area contributed by atoms with E-state index in [0.29, 0.717) is 17.9 Å². The fraction of sp³-hybridized carbons (Fsp3) is 0.467. The number of aliphatic carboxylic acids is 1. The number of carboxylic acid groups (broad SMARTS) is 1. The summed E-state index contributed by atoms with van der Waals surface area (Å²) in [6.45, 7) is 0.915. The number of fused-ring (bicyclic) bond motifs is 2. The summed E-state index contributed by atoms with van der Waals surface area (Å²) in [4.78, 5) is 18.3. The molecule has 0 radical (unpaired) electrons. The van der Waals surface area contributed by atoms with Crippen molar-refractivity contribution in [1.82, 2.24) is 9.29 Å². The van der Waals surface area contributed by atoms with Gasteiger partial charge in [0.15, 0.2) is 0 Å². The molecule has 8 nitrogen and oxygen atoms in total. The van der Waals surface area contributed by atoms with Gasteiger partial charge in [-0.25, -0.2) is 17.7 Å². The van der Waals surface area contributed by atoms with E-state index in [0.717, 1.165) is 11.6 Å². The van der Waals surface area contributed by atoms with Crippen molar-refractivity contribution in [3.63, 3.8) is 0 Å². The quantitative estimate of drug-likeness (QED) is 0.864. The van der Waals surface area contributed by atoms with Gasteiger partial charge in [-0.05, 0) is 12.1 Å². The van der Waals surface area contributed by atoms with Gasteiger partial charge < -0.3 is 14.4 Å². The molecule has 0 aliphatic carbocycles. The second-order valence-electron chi connectivity index (χ2n) is 6.56. The molecule has 2 fully saturated rings. The van der Waals surface area contributed by atoms with E-state index in [4.69, 9.17) is 4.42 Å². The molecule has 2 aliphatic heterocycles. The summed E-state index contributed by atoms with van der Waals surface area (Å²) < 4.78 is 30.3. The predicted octanol–water partition coefficient (Wildman–Crippen LogP) is 0.610. The Morgan fingerprint density at radius 2 is 2.17 bits per heavy atom. The van der Waals surface area contributed by atoms with E-state index >= 15 is 0 Å². The smallest absolute Gasteiger partial charge is 0.313 e. The molecule has 0 unspecified atom stereocenters. The number of hydrogen-bond acceptors (Lipinski definition) is 6. The minimum atomic E-state index is -3.40. The molecule has 2 aromatic heterocycles. The first-order chi connectivity index (χ1) is 11.3. The monoisotopic (exact) mass is 351 g/mol. The Kier molecular flexibility index (Phi) is 3.17. The molecule has 24 heavy (non-hydrogen) atoms. The molecule has 1 N–H and O–H groups in total. The molecular weight excluding hydrogens is 334 g/mol. The number of carbonyl (C=O) groups is 1. The Bertz CT molecular complexity index is 924. The van der Waals surface area contributed by atoms with Crippen LogP contribution in [0, 0.1) is 11.3 Å². The third-order valence-electron chi connectivity index (χ3n) is 5.13. The van der Waals surface area contributed by atoms with Gasteiger partial charge >= 0.3 is 5.97 Å². The van der Waals surface area contributed by atoms with Crippen LogP contribution in [0.3, 0.4) is 0 Å². The van der Waals surface area contributed by atoms with Crippen LogP contribution in [-0.2, 0) is 14.8 Å². The highest BCUT2D eigenvalue weighted by Gasteiger charge is 2.59.